The van der Waals surface area contributed by atoms with Gasteiger partial charge < -0.3 is 5.73 Å². The second kappa shape index (κ2) is 7.48. The molecule has 0 aliphatic rings. The van der Waals surface area contributed by atoms with Gasteiger partial charge in [-0.1, -0.05) is 19.9 Å². The van der Waals surface area contributed by atoms with E-state index in [0.29, 0.717) is 6.54 Å². The Hall–Kier alpha value is -1.92. The van der Waals surface area contributed by atoms with E-state index in [2.05, 4.69) is 16.8 Å². The number of hydrazone groups is 2. The molecular weight excluding hydrogens is 198 g/mol. The maximum atomic E-state index is 10.1. The molecule has 0 aromatic carbocycles. The molecule has 7 nitrogen and oxygen atoms in total. The molecule has 0 aromatic rings. The molecular formula is C8H15N5O2. The minimum atomic E-state index is -0.849. The average molecular weight is 213 g/mol. The Labute approximate surface area is 88.1 Å². The minimum Gasteiger partial charge on any atom is -0.363 e. The number of nitro groups is 1. The third-order valence-corrected chi connectivity index (χ3v) is 1.48. The van der Waals surface area contributed by atoms with E-state index in [9.17, 15) is 10.1 Å². The summed E-state index contributed by atoms with van der Waals surface area (Å²) < 4.78 is 0. The van der Waals surface area contributed by atoms with Crippen LogP contribution in [0.4, 0.5) is 0 Å². The zero-order valence-electron chi connectivity index (χ0n) is 8.67. The van der Waals surface area contributed by atoms with Gasteiger partial charge in [-0.25, -0.2) is 15.1 Å². The monoisotopic (exact) mass is 213 g/mol. The van der Waals surface area contributed by atoms with Gasteiger partial charge in [0.2, 0.25) is 0 Å². The van der Waals surface area contributed by atoms with Crippen molar-refractivity contribution < 1.29 is 5.03 Å². The lowest BCUT2D eigenvalue weighted by Crippen LogP contribution is -2.34. The fourth-order valence-corrected chi connectivity index (χ4v) is 0.802. The Balaban J connectivity index is 4.52. The summed E-state index contributed by atoms with van der Waals surface area (Å²) in [4.78, 5) is 10.1. The lowest BCUT2D eigenvalue weighted by atomic mass is 10.3. The molecule has 0 saturated carbocycles. The van der Waals surface area contributed by atoms with Gasteiger partial charge in [-0.15, -0.1) is 0 Å². The summed E-state index contributed by atoms with van der Waals surface area (Å²) in [7, 11) is 0. The summed E-state index contributed by atoms with van der Waals surface area (Å²) in [5, 5.41) is 17.4. The number of rotatable bonds is 6. The summed E-state index contributed by atoms with van der Waals surface area (Å²) >= 11 is 0. The number of nitrogens with two attached hydrogens (primary N) is 1. The van der Waals surface area contributed by atoms with Crippen molar-refractivity contribution in [3.63, 3.8) is 0 Å². The van der Waals surface area contributed by atoms with Gasteiger partial charge in [0, 0.05) is 12.8 Å². The molecule has 0 aliphatic carbocycles. The van der Waals surface area contributed by atoms with Gasteiger partial charge in [0.1, 0.15) is 5.10 Å². The zero-order chi connectivity index (χ0) is 11.7. The number of guanidine groups is 1. The Morgan fingerprint density at radius 1 is 1.73 bits per heavy atom. The number of hydrogen-bond acceptors (Lipinski definition) is 3. The van der Waals surface area contributed by atoms with E-state index in [1.54, 1.807) is 0 Å². The molecule has 0 aliphatic heterocycles. The Kier molecular flexibility index (Phi) is 6.52. The first-order valence-electron chi connectivity index (χ1n) is 4.52. The van der Waals surface area contributed by atoms with Crippen LogP contribution in [-0.4, -0.2) is 28.8 Å². The van der Waals surface area contributed by atoms with Crippen LogP contribution < -0.4 is 5.73 Å². The standard InChI is InChI=1S/C8H15N5O2/c1-3-5-7-12(10-6-4-2)8(9)11-13(14)15/h4,6H,2-3,5,7H2,1H3,(H2,9,11)/b10-6+. The Morgan fingerprint density at radius 2 is 2.40 bits per heavy atom. The highest BCUT2D eigenvalue weighted by molar-refractivity contribution is 5.79. The van der Waals surface area contributed by atoms with E-state index >= 15 is 0 Å². The van der Waals surface area contributed by atoms with Gasteiger partial charge in [0.05, 0.1) is 0 Å². The van der Waals surface area contributed by atoms with Crippen molar-refractivity contribution in [3.05, 3.63) is 22.8 Å². The van der Waals surface area contributed by atoms with Gasteiger partial charge >= 0.3 is 0 Å². The molecule has 0 bridgehead atoms. The van der Waals surface area contributed by atoms with E-state index in [0.717, 1.165) is 12.8 Å². The van der Waals surface area contributed by atoms with Gasteiger partial charge in [0.25, 0.3) is 5.96 Å². The molecule has 0 atom stereocenters. The van der Waals surface area contributed by atoms with Crippen molar-refractivity contribution in [2.75, 3.05) is 6.54 Å². The van der Waals surface area contributed by atoms with Crippen LogP contribution in [0.3, 0.4) is 0 Å². The maximum absolute atomic E-state index is 10.1. The van der Waals surface area contributed by atoms with Gasteiger partial charge in [-0.2, -0.15) is 5.10 Å². The molecule has 7 heteroatoms. The second-order valence-corrected chi connectivity index (χ2v) is 2.67. The molecule has 0 fully saturated rings. The van der Waals surface area contributed by atoms with Crippen molar-refractivity contribution in [3.8, 4) is 0 Å². The summed E-state index contributed by atoms with van der Waals surface area (Å²) in [6.45, 7) is 5.93. The molecule has 84 valence electrons. The quantitative estimate of drug-likeness (QED) is 0.305. The zero-order valence-corrected chi connectivity index (χ0v) is 8.67. The molecule has 15 heavy (non-hydrogen) atoms. The molecule has 0 radical (unpaired) electrons. The predicted octanol–water partition coefficient (Wildman–Crippen LogP) is 0.767. The smallest absolute Gasteiger partial charge is 0.289 e. The largest absolute Gasteiger partial charge is 0.363 e. The third kappa shape index (κ3) is 6.19. The fourth-order valence-electron chi connectivity index (χ4n) is 0.802. The molecule has 0 heterocycles. The molecule has 0 rings (SSSR count). The summed E-state index contributed by atoms with van der Waals surface area (Å²) in [6, 6.07) is 0. The normalized spacial score (nSPS) is 11.7. The molecule has 0 unspecified atom stereocenters. The van der Waals surface area contributed by atoms with Crippen LogP contribution in [0.5, 0.6) is 0 Å². The molecule has 0 amide bonds. The van der Waals surface area contributed by atoms with E-state index in [-0.39, 0.29) is 5.96 Å². The fraction of sp³-hybridized carbons (Fsp3) is 0.500. The summed E-state index contributed by atoms with van der Waals surface area (Å²) in [5.41, 5.74) is 5.39. The highest BCUT2D eigenvalue weighted by atomic mass is 16.7. The van der Waals surface area contributed by atoms with Crippen molar-refractivity contribution in [2.24, 2.45) is 15.9 Å². The highest BCUT2D eigenvalue weighted by Crippen LogP contribution is 1.95. The number of unbranched alkanes of at least 4 members (excludes halogenated alkanes) is 1. The van der Waals surface area contributed by atoms with Crippen LogP contribution >= 0.6 is 0 Å². The van der Waals surface area contributed by atoms with Crippen molar-refractivity contribution >= 4 is 12.2 Å². The molecule has 2 N–H and O–H groups in total. The number of nitrogens with zero attached hydrogens (tertiary/aromatic N) is 4. The van der Waals surface area contributed by atoms with Crippen molar-refractivity contribution in [1.29, 1.82) is 0 Å². The van der Waals surface area contributed by atoms with Crippen molar-refractivity contribution in [2.45, 2.75) is 19.8 Å². The van der Waals surface area contributed by atoms with Crippen LogP contribution in [0.25, 0.3) is 0 Å². The van der Waals surface area contributed by atoms with E-state index in [4.69, 9.17) is 5.73 Å². The highest BCUT2D eigenvalue weighted by Gasteiger charge is 2.08. The molecule has 0 saturated heterocycles. The lowest BCUT2D eigenvalue weighted by Gasteiger charge is -2.14. The van der Waals surface area contributed by atoms with Crippen LogP contribution in [0, 0.1) is 10.1 Å². The van der Waals surface area contributed by atoms with E-state index in [1.165, 1.54) is 17.3 Å². The Bertz CT molecular complexity index is 274. The van der Waals surface area contributed by atoms with E-state index < -0.39 is 5.03 Å². The first-order chi connectivity index (χ1) is 7.11. The van der Waals surface area contributed by atoms with Gasteiger partial charge in [-0.05, 0) is 12.5 Å². The first-order valence-corrected chi connectivity index (χ1v) is 4.52. The van der Waals surface area contributed by atoms with Crippen LogP contribution in [0.2, 0.25) is 0 Å². The molecule has 0 aromatic heterocycles. The lowest BCUT2D eigenvalue weighted by molar-refractivity contribution is -0.485. The van der Waals surface area contributed by atoms with E-state index in [1.807, 2.05) is 6.92 Å². The Morgan fingerprint density at radius 3 is 2.87 bits per heavy atom. The average Bonchev–Trinajstić information content (AvgIpc) is 2.17. The third-order valence-electron chi connectivity index (χ3n) is 1.48. The predicted molar refractivity (Wildman–Crippen MR) is 58.9 cm³/mol. The molecule has 0 spiro atoms. The minimum absolute atomic E-state index is 0.230. The van der Waals surface area contributed by atoms with Crippen LogP contribution in [0.15, 0.2) is 22.9 Å². The van der Waals surface area contributed by atoms with Crippen LogP contribution in [0.1, 0.15) is 19.8 Å². The van der Waals surface area contributed by atoms with Gasteiger partial charge in [-0.3, -0.25) is 0 Å². The summed E-state index contributed by atoms with van der Waals surface area (Å²) in [6.07, 6.45) is 4.62. The maximum Gasteiger partial charge on any atom is 0.289 e. The van der Waals surface area contributed by atoms with Crippen molar-refractivity contribution in [1.82, 2.24) is 5.01 Å². The topological polar surface area (TPSA) is 97.1 Å². The second-order valence-electron chi connectivity index (χ2n) is 2.67. The number of allylic oxidation sites excluding steroid dienone is 1. The number of hydrogen-bond donors (Lipinski definition) is 1. The summed E-state index contributed by atoms with van der Waals surface area (Å²) in [5.74, 6) is -0.230. The SMILES string of the molecule is C=C/C=N/N(CCCC)/C(N)=N/[N+](=O)[O-]. The van der Waals surface area contributed by atoms with Gasteiger partial charge in [0.15, 0.2) is 5.03 Å². The van der Waals surface area contributed by atoms with Crippen LogP contribution in [-0.2, 0) is 0 Å². The first kappa shape index (κ1) is 13.1.